The maximum Gasteiger partial charge on any atom is 0.481 e. The molecule has 1 aliphatic heterocycles. The molecular formula is C23H40N7O21P3S2. The molecule has 28 nitrogen and oxygen atoms in total. The Morgan fingerprint density at radius 3 is 2.25 bits per heavy atom. The van der Waals surface area contributed by atoms with Gasteiger partial charge in [-0.25, -0.2) is 28.6 Å². The number of nitrogens with two attached hydrogens (primary N) is 1. The number of amides is 2. The molecule has 0 aliphatic carbocycles. The van der Waals surface area contributed by atoms with Crippen molar-refractivity contribution in [3.63, 3.8) is 0 Å². The van der Waals surface area contributed by atoms with Gasteiger partial charge in [-0.05, 0) is 0 Å². The molecule has 3 rings (SSSR count). The molecule has 3 heterocycles. The number of aliphatic hydroxyl groups is 2. The summed E-state index contributed by atoms with van der Waals surface area (Å²) in [6.07, 6.45) is -6.88. The number of nitrogen functional groups attached to an aromatic ring is 1. The first-order valence-electron chi connectivity index (χ1n) is 15.2. The van der Waals surface area contributed by atoms with Crippen LogP contribution in [0.15, 0.2) is 12.7 Å². The van der Waals surface area contributed by atoms with E-state index in [9.17, 15) is 57.9 Å². The maximum atomic E-state index is 12.6. The zero-order chi connectivity index (χ0) is 42.9. The SMILES string of the molecule is CC(=O)SCCNC(=O)CCNC(=O)[C@H](O)C(C)(C)COP(=O)(O)OP(=O)(O)OC[C@H]1O[C@@H](n2cnc3c(N)ncnc32)[C@H](O)[C@@H]1OP(=O)(O)O.O=S(=O)(O)O. The number of hydrogen-bond donors (Lipinski definition) is 11. The number of ether oxygens (including phenoxy) is 1. The van der Waals surface area contributed by atoms with E-state index in [1.807, 2.05) is 0 Å². The first kappa shape index (κ1) is 49.6. The van der Waals surface area contributed by atoms with E-state index in [0.717, 1.165) is 29.0 Å². The van der Waals surface area contributed by atoms with Crippen LogP contribution in [0.2, 0.25) is 0 Å². The van der Waals surface area contributed by atoms with Crippen LogP contribution < -0.4 is 16.4 Å². The van der Waals surface area contributed by atoms with Gasteiger partial charge in [0.2, 0.25) is 11.8 Å². The molecule has 56 heavy (non-hydrogen) atoms. The van der Waals surface area contributed by atoms with Gasteiger partial charge in [0, 0.05) is 37.6 Å². The molecule has 2 amide bonds. The molecule has 12 N–H and O–H groups in total. The molecule has 2 aromatic rings. The highest BCUT2D eigenvalue weighted by Crippen LogP contribution is 2.61. The van der Waals surface area contributed by atoms with Crippen molar-refractivity contribution in [2.24, 2.45) is 5.41 Å². The second-order valence-electron chi connectivity index (χ2n) is 11.9. The van der Waals surface area contributed by atoms with Gasteiger partial charge in [0.25, 0.3) is 0 Å². The highest BCUT2D eigenvalue weighted by molar-refractivity contribution is 8.13. The van der Waals surface area contributed by atoms with Crippen LogP contribution in [0.3, 0.4) is 0 Å². The van der Waals surface area contributed by atoms with E-state index in [2.05, 4.69) is 34.4 Å². The van der Waals surface area contributed by atoms with Crippen molar-refractivity contribution in [2.45, 2.75) is 57.8 Å². The van der Waals surface area contributed by atoms with E-state index in [4.69, 9.17) is 37.0 Å². The van der Waals surface area contributed by atoms with Crippen molar-refractivity contribution >= 4 is 79.5 Å². The number of carbonyl (C=O) groups excluding carboxylic acids is 3. The lowest BCUT2D eigenvalue weighted by atomic mass is 9.87. The summed E-state index contributed by atoms with van der Waals surface area (Å²) in [5.41, 5.74) is 4.26. The fourth-order valence-corrected chi connectivity index (χ4v) is 7.65. The zero-order valence-corrected chi connectivity index (χ0v) is 33.5. The van der Waals surface area contributed by atoms with E-state index in [-0.39, 0.29) is 41.6 Å². The van der Waals surface area contributed by atoms with Gasteiger partial charge in [0.15, 0.2) is 22.8 Å². The minimum atomic E-state index is -5.56. The third-order valence-electron chi connectivity index (χ3n) is 6.81. The molecule has 320 valence electrons. The topological polar surface area (TPSA) is 438 Å². The lowest BCUT2D eigenvalue weighted by Gasteiger charge is -2.30. The normalized spacial score (nSPS) is 21.6. The maximum absolute atomic E-state index is 12.6. The largest absolute Gasteiger partial charge is 0.481 e. The third kappa shape index (κ3) is 17.1. The predicted octanol–water partition coefficient (Wildman–Crippen LogP) is -1.97. The fourth-order valence-electron chi connectivity index (χ4n) is 4.32. The minimum absolute atomic E-state index is 0.0310. The van der Waals surface area contributed by atoms with E-state index in [0.29, 0.717) is 5.75 Å². The zero-order valence-electron chi connectivity index (χ0n) is 29.2. The number of imidazole rings is 1. The summed E-state index contributed by atoms with van der Waals surface area (Å²) in [6.45, 7) is 1.90. The van der Waals surface area contributed by atoms with Gasteiger partial charge in [-0.2, -0.15) is 12.7 Å². The number of fused-ring (bicyclic) bond motifs is 1. The molecule has 0 saturated carbocycles. The number of phosphoric ester groups is 3. The Morgan fingerprint density at radius 2 is 1.66 bits per heavy atom. The van der Waals surface area contributed by atoms with Crippen LogP contribution in [0.1, 0.15) is 33.4 Å². The van der Waals surface area contributed by atoms with Crippen LogP contribution in [-0.4, -0.2) is 140 Å². The third-order valence-corrected chi connectivity index (χ3v) is 10.7. The number of hydrogen-bond acceptors (Lipinski definition) is 20. The van der Waals surface area contributed by atoms with Gasteiger partial charge >= 0.3 is 33.9 Å². The molecule has 1 saturated heterocycles. The summed E-state index contributed by atoms with van der Waals surface area (Å²) in [4.78, 5) is 85.9. The first-order valence-corrected chi connectivity index (χ1v) is 22.1. The molecule has 33 heteroatoms. The van der Waals surface area contributed by atoms with Crippen LogP contribution >= 0.6 is 35.2 Å². The van der Waals surface area contributed by atoms with Gasteiger partial charge in [-0.3, -0.25) is 41.6 Å². The van der Waals surface area contributed by atoms with Crippen LogP contribution in [0, 0.1) is 5.41 Å². The number of anilines is 1. The van der Waals surface area contributed by atoms with Gasteiger partial charge in [0.1, 0.15) is 36.3 Å². The molecule has 0 aromatic carbocycles. The van der Waals surface area contributed by atoms with Gasteiger partial charge in [-0.1, -0.05) is 25.6 Å². The monoisotopic (exact) mass is 907 g/mol. The molecule has 0 radical (unpaired) electrons. The Morgan fingerprint density at radius 1 is 1.05 bits per heavy atom. The first-order chi connectivity index (χ1) is 25.5. The van der Waals surface area contributed by atoms with Crippen LogP contribution in [0.25, 0.3) is 11.2 Å². The number of rotatable bonds is 19. The average molecular weight is 908 g/mol. The second-order valence-corrected chi connectivity index (χ2v) is 18.3. The lowest BCUT2D eigenvalue weighted by molar-refractivity contribution is -0.137. The van der Waals surface area contributed by atoms with Crippen LogP contribution in [-0.2, 0) is 61.1 Å². The van der Waals surface area contributed by atoms with E-state index < -0.39 is 95.0 Å². The van der Waals surface area contributed by atoms with Gasteiger partial charge in [-0.15, -0.1) is 0 Å². The Labute approximate surface area is 320 Å². The molecule has 1 fully saturated rings. The summed E-state index contributed by atoms with van der Waals surface area (Å²) in [7, 11) is -21.0. The van der Waals surface area contributed by atoms with Crippen molar-refractivity contribution in [3.05, 3.63) is 12.7 Å². The van der Waals surface area contributed by atoms with Gasteiger partial charge in [0.05, 0.1) is 19.5 Å². The minimum Gasteiger partial charge on any atom is -0.386 e. The van der Waals surface area contributed by atoms with Crippen molar-refractivity contribution < 1.29 is 98.0 Å². The lowest BCUT2D eigenvalue weighted by Crippen LogP contribution is -2.46. The molecule has 7 atom stereocenters. The fraction of sp³-hybridized carbons (Fsp3) is 0.652. The molecule has 2 unspecified atom stereocenters. The summed E-state index contributed by atoms with van der Waals surface area (Å²) >= 11 is 1.03. The summed E-state index contributed by atoms with van der Waals surface area (Å²) in [6, 6.07) is 0. The summed E-state index contributed by atoms with van der Waals surface area (Å²) in [5, 5.41) is 26.1. The van der Waals surface area contributed by atoms with Crippen LogP contribution in [0.4, 0.5) is 5.82 Å². The van der Waals surface area contributed by atoms with Crippen molar-refractivity contribution in [1.29, 1.82) is 0 Å². The number of thioether (sulfide) groups is 1. The van der Waals surface area contributed by atoms with Crippen LogP contribution in [0.5, 0.6) is 0 Å². The number of aliphatic hydroxyl groups excluding tert-OH is 2. The molecule has 0 spiro atoms. The van der Waals surface area contributed by atoms with E-state index in [1.54, 1.807) is 0 Å². The molecular weight excluding hydrogens is 867 g/mol. The number of phosphoric acid groups is 3. The Hall–Kier alpha value is -2.57. The quantitative estimate of drug-likeness (QED) is 0.0414. The summed E-state index contributed by atoms with van der Waals surface area (Å²) in [5.74, 6) is -1.08. The summed E-state index contributed by atoms with van der Waals surface area (Å²) < 4.78 is 93.4. The van der Waals surface area contributed by atoms with E-state index >= 15 is 0 Å². The smallest absolute Gasteiger partial charge is 0.386 e. The number of nitrogens with zero attached hydrogens (tertiary/aromatic N) is 4. The number of aromatic nitrogens is 4. The number of nitrogens with one attached hydrogen (secondary N) is 2. The highest BCUT2D eigenvalue weighted by atomic mass is 32.3. The van der Waals surface area contributed by atoms with Crippen molar-refractivity contribution in [3.8, 4) is 0 Å². The standard InChI is InChI=1S/C23H38N7O17P3S.H2O4S/c1-12(31)51-7-6-25-14(32)4-5-26-21(35)18(34)23(2,3)9-44-50(41,42)47-49(39,40)43-8-13-17(46-48(36,37)38)16(33)22(45-13)30-11-29-15-19(24)27-10-28-20(15)30;1-5(2,3)4/h10-11,13,16-18,22,33-34H,4-9H2,1-3H3,(H,25,32)(H,26,35)(H,39,40)(H,41,42)(H2,24,27,28)(H2,36,37,38);(H2,1,2,3,4)/t13-,16-,17-,18+,22-;/m1./s1. The Balaban J connectivity index is 0.00000203. The van der Waals surface area contributed by atoms with Crippen molar-refractivity contribution in [1.82, 2.24) is 30.2 Å². The average Bonchev–Trinajstić information content (AvgIpc) is 3.60. The molecule has 1 aliphatic rings. The second kappa shape index (κ2) is 20.4. The van der Waals surface area contributed by atoms with Crippen molar-refractivity contribution in [2.75, 3.05) is 37.8 Å². The van der Waals surface area contributed by atoms with E-state index in [1.165, 1.54) is 20.8 Å². The molecule has 0 bridgehead atoms. The highest BCUT2D eigenvalue weighted by Gasteiger charge is 2.50. The van der Waals surface area contributed by atoms with Gasteiger partial charge < -0.3 is 50.9 Å². The Bertz CT molecular complexity index is 1940. The number of carbonyl (C=O) groups is 3. The molecule has 2 aromatic heterocycles. The Kier molecular flexibility index (Phi) is 18.1. The predicted molar refractivity (Wildman–Crippen MR) is 187 cm³/mol.